The number of hydrogen-bond acceptors (Lipinski definition) is 8. The standard InChI is InChI=1S/C19H22N8O5/c1-24(11-15(28)29)18(31)13-10-20-25(2)16(13)17(30)21-12-3-4-27-14(9-12)22-19(23-27)26-5-7-32-8-6-26/h3-4,9-10H,5-8,11H2,1-2H3,(H,21,30)(H,28,29). The van der Waals surface area contributed by atoms with Crippen LogP contribution in [0.1, 0.15) is 20.8 Å². The van der Waals surface area contributed by atoms with Crippen LogP contribution >= 0.6 is 0 Å². The topological polar surface area (TPSA) is 147 Å². The first kappa shape index (κ1) is 21.2. The molecule has 1 aliphatic rings. The molecule has 1 aliphatic heterocycles. The zero-order valence-electron chi connectivity index (χ0n) is 17.6. The quantitative estimate of drug-likeness (QED) is 0.525. The fourth-order valence-electron chi connectivity index (χ4n) is 3.38. The van der Waals surface area contributed by atoms with Crippen molar-refractivity contribution in [2.24, 2.45) is 7.05 Å². The predicted molar refractivity (Wildman–Crippen MR) is 112 cm³/mol. The minimum absolute atomic E-state index is 0.00640. The van der Waals surface area contributed by atoms with Crippen LogP contribution in [0, 0.1) is 0 Å². The molecule has 3 aromatic rings. The molecule has 0 bridgehead atoms. The van der Waals surface area contributed by atoms with E-state index in [0.717, 1.165) is 4.90 Å². The molecule has 4 rings (SSSR count). The molecule has 2 N–H and O–H groups in total. The third-order valence-corrected chi connectivity index (χ3v) is 4.98. The van der Waals surface area contributed by atoms with Crippen molar-refractivity contribution in [2.45, 2.75) is 0 Å². The molecule has 1 saturated heterocycles. The number of carboxylic acids is 1. The van der Waals surface area contributed by atoms with Gasteiger partial charge in [0.1, 0.15) is 12.2 Å². The number of carbonyl (C=O) groups excluding carboxylic acids is 2. The van der Waals surface area contributed by atoms with Crippen LogP contribution in [0.2, 0.25) is 0 Å². The van der Waals surface area contributed by atoms with E-state index in [2.05, 4.69) is 20.5 Å². The summed E-state index contributed by atoms with van der Waals surface area (Å²) in [5.74, 6) is -1.75. The number of aryl methyl sites for hydroxylation is 1. The molecule has 1 fully saturated rings. The van der Waals surface area contributed by atoms with E-state index >= 15 is 0 Å². The molecule has 0 saturated carbocycles. The number of morpholine rings is 1. The van der Waals surface area contributed by atoms with Crippen LogP contribution in [-0.4, -0.2) is 92.1 Å². The number of carbonyl (C=O) groups is 3. The van der Waals surface area contributed by atoms with Crippen LogP contribution in [0.5, 0.6) is 0 Å². The van der Waals surface area contributed by atoms with Gasteiger partial charge in [0.15, 0.2) is 5.65 Å². The summed E-state index contributed by atoms with van der Waals surface area (Å²) >= 11 is 0. The van der Waals surface area contributed by atoms with E-state index in [1.807, 2.05) is 4.90 Å². The van der Waals surface area contributed by atoms with E-state index in [9.17, 15) is 14.4 Å². The summed E-state index contributed by atoms with van der Waals surface area (Å²) in [4.78, 5) is 44.0. The van der Waals surface area contributed by atoms with E-state index in [1.165, 1.54) is 25.0 Å². The molecule has 0 aromatic carbocycles. The van der Waals surface area contributed by atoms with E-state index in [1.54, 1.807) is 22.8 Å². The van der Waals surface area contributed by atoms with Crippen LogP contribution in [0.25, 0.3) is 5.65 Å². The van der Waals surface area contributed by atoms with Gasteiger partial charge in [0.05, 0.1) is 25.0 Å². The number of aromatic nitrogens is 5. The fraction of sp³-hybridized carbons (Fsp3) is 0.368. The van der Waals surface area contributed by atoms with Crippen LogP contribution in [0.4, 0.5) is 11.6 Å². The van der Waals surface area contributed by atoms with Gasteiger partial charge < -0.3 is 25.0 Å². The Morgan fingerprint density at radius 1 is 1.28 bits per heavy atom. The third kappa shape index (κ3) is 4.23. The lowest BCUT2D eigenvalue weighted by atomic mass is 10.2. The van der Waals surface area contributed by atoms with Gasteiger partial charge in [0.2, 0.25) is 5.95 Å². The van der Waals surface area contributed by atoms with Gasteiger partial charge >= 0.3 is 5.97 Å². The summed E-state index contributed by atoms with van der Waals surface area (Å²) < 4.78 is 8.23. The number of ether oxygens (including phenoxy) is 1. The van der Waals surface area contributed by atoms with Crippen LogP contribution in [-0.2, 0) is 16.6 Å². The van der Waals surface area contributed by atoms with Crippen molar-refractivity contribution in [3.05, 3.63) is 35.8 Å². The number of likely N-dealkylation sites (N-methyl/N-ethyl adjacent to an activating group) is 1. The van der Waals surface area contributed by atoms with Gasteiger partial charge in [-0.2, -0.15) is 10.1 Å². The third-order valence-electron chi connectivity index (χ3n) is 4.98. The lowest BCUT2D eigenvalue weighted by Gasteiger charge is -2.25. The van der Waals surface area contributed by atoms with Crippen molar-refractivity contribution in [1.29, 1.82) is 0 Å². The van der Waals surface area contributed by atoms with Crippen molar-refractivity contribution in [2.75, 3.05) is 50.1 Å². The van der Waals surface area contributed by atoms with Gasteiger partial charge in [-0.25, -0.2) is 4.52 Å². The zero-order chi connectivity index (χ0) is 22.8. The number of nitrogens with one attached hydrogen (secondary N) is 1. The highest BCUT2D eigenvalue weighted by Gasteiger charge is 2.25. The highest BCUT2D eigenvalue weighted by molar-refractivity contribution is 6.11. The molecule has 0 spiro atoms. The maximum atomic E-state index is 12.9. The number of rotatable bonds is 6. The SMILES string of the molecule is CN(CC(=O)O)C(=O)c1cnn(C)c1C(=O)Nc1ccn2nc(N3CCOCC3)nc2c1. The number of hydrogen-bond donors (Lipinski definition) is 2. The second-order valence-corrected chi connectivity index (χ2v) is 7.27. The number of amides is 2. The molecule has 4 heterocycles. The lowest BCUT2D eigenvalue weighted by molar-refractivity contribution is -0.137. The number of anilines is 2. The largest absolute Gasteiger partial charge is 0.480 e. The van der Waals surface area contributed by atoms with Gasteiger partial charge in [-0.1, -0.05) is 0 Å². The van der Waals surface area contributed by atoms with E-state index in [-0.39, 0.29) is 11.3 Å². The van der Waals surface area contributed by atoms with E-state index in [0.29, 0.717) is 43.6 Å². The number of fused-ring (bicyclic) bond motifs is 1. The maximum Gasteiger partial charge on any atom is 0.323 e. The first-order valence-corrected chi connectivity index (χ1v) is 9.83. The molecular weight excluding hydrogens is 420 g/mol. The molecular formula is C19H22N8O5. The predicted octanol–water partition coefficient (Wildman–Crippen LogP) is -0.292. The molecule has 0 unspecified atom stereocenters. The second-order valence-electron chi connectivity index (χ2n) is 7.27. The van der Waals surface area contributed by atoms with Gasteiger partial charge in [-0.3, -0.25) is 19.1 Å². The summed E-state index contributed by atoms with van der Waals surface area (Å²) in [5, 5.41) is 20.1. The Kier molecular flexibility index (Phi) is 5.73. The van der Waals surface area contributed by atoms with Crippen molar-refractivity contribution >= 4 is 35.1 Å². The number of carboxylic acid groups (broad SMARTS) is 1. The van der Waals surface area contributed by atoms with Gasteiger partial charge in [0.25, 0.3) is 11.8 Å². The Hall–Kier alpha value is -4.00. The molecule has 0 aliphatic carbocycles. The summed E-state index contributed by atoms with van der Waals surface area (Å²) in [5.41, 5.74) is 1.03. The number of pyridine rings is 1. The molecule has 32 heavy (non-hydrogen) atoms. The first-order chi connectivity index (χ1) is 15.3. The summed E-state index contributed by atoms with van der Waals surface area (Å²) in [6.45, 7) is 2.14. The van der Waals surface area contributed by atoms with Crippen molar-refractivity contribution in [1.82, 2.24) is 29.3 Å². The summed E-state index contributed by atoms with van der Waals surface area (Å²) in [6, 6.07) is 3.33. The lowest BCUT2D eigenvalue weighted by Crippen LogP contribution is -2.36. The highest BCUT2D eigenvalue weighted by Crippen LogP contribution is 2.18. The van der Waals surface area contributed by atoms with E-state index < -0.39 is 24.3 Å². The Balaban J connectivity index is 1.54. The smallest absolute Gasteiger partial charge is 0.323 e. The molecule has 3 aromatic heterocycles. The summed E-state index contributed by atoms with van der Waals surface area (Å²) in [7, 11) is 2.87. The van der Waals surface area contributed by atoms with Gasteiger partial charge in [-0.15, -0.1) is 5.10 Å². The normalized spacial score (nSPS) is 13.9. The summed E-state index contributed by atoms with van der Waals surface area (Å²) in [6.07, 6.45) is 2.92. The van der Waals surface area contributed by atoms with Gasteiger partial charge in [0, 0.05) is 45.1 Å². The molecule has 168 valence electrons. The van der Waals surface area contributed by atoms with Crippen molar-refractivity contribution in [3.8, 4) is 0 Å². The molecule has 13 heteroatoms. The Bertz CT molecular complexity index is 1180. The minimum atomic E-state index is -1.16. The molecule has 0 atom stereocenters. The highest BCUT2D eigenvalue weighted by atomic mass is 16.5. The molecule has 13 nitrogen and oxygen atoms in total. The Labute approximate surface area is 182 Å². The van der Waals surface area contributed by atoms with Crippen molar-refractivity contribution in [3.63, 3.8) is 0 Å². The zero-order valence-corrected chi connectivity index (χ0v) is 17.6. The minimum Gasteiger partial charge on any atom is -0.480 e. The Morgan fingerprint density at radius 2 is 2.03 bits per heavy atom. The first-order valence-electron chi connectivity index (χ1n) is 9.83. The van der Waals surface area contributed by atoms with Crippen LogP contribution < -0.4 is 10.2 Å². The Morgan fingerprint density at radius 3 is 2.75 bits per heavy atom. The molecule has 0 radical (unpaired) electrons. The maximum absolute atomic E-state index is 12.9. The van der Waals surface area contributed by atoms with Crippen LogP contribution in [0.3, 0.4) is 0 Å². The number of nitrogens with zero attached hydrogens (tertiary/aromatic N) is 7. The van der Waals surface area contributed by atoms with Crippen LogP contribution in [0.15, 0.2) is 24.5 Å². The average Bonchev–Trinajstić information content (AvgIpc) is 3.36. The molecule has 2 amide bonds. The second kappa shape index (κ2) is 8.63. The van der Waals surface area contributed by atoms with E-state index in [4.69, 9.17) is 9.84 Å². The van der Waals surface area contributed by atoms with Crippen molar-refractivity contribution < 1.29 is 24.2 Å². The number of aliphatic carboxylic acids is 1. The fourth-order valence-corrected chi connectivity index (χ4v) is 3.38. The average molecular weight is 442 g/mol. The van der Waals surface area contributed by atoms with Gasteiger partial charge in [-0.05, 0) is 6.07 Å². The monoisotopic (exact) mass is 442 g/mol.